The molecular formula is C21H14F2N2O. The molecule has 0 aliphatic rings. The predicted molar refractivity (Wildman–Crippen MR) is 96.9 cm³/mol. The Labute approximate surface area is 148 Å². The van der Waals surface area contributed by atoms with Gasteiger partial charge in [0.05, 0.1) is 7.11 Å². The summed E-state index contributed by atoms with van der Waals surface area (Å²) in [6, 6.07) is 14.3. The number of hydrogen-bond acceptors (Lipinski definition) is 3. The topological polar surface area (TPSA) is 35.0 Å². The summed E-state index contributed by atoms with van der Waals surface area (Å²) < 4.78 is 32.3. The summed E-state index contributed by atoms with van der Waals surface area (Å²) in [5.41, 5.74) is 3.96. The Kier molecular flexibility index (Phi) is 4.05. The van der Waals surface area contributed by atoms with E-state index in [9.17, 15) is 8.78 Å². The Morgan fingerprint density at radius 2 is 1.46 bits per heavy atom. The minimum Gasteiger partial charge on any atom is -0.494 e. The fourth-order valence-electron chi connectivity index (χ4n) is 3.07. The Balaban J connectivity index is 2.10. The normalized spacial score (nSPS) is 10.9. The first kappa shape index (κ1) is 16.1. The van der Waals surface area contributed by atoms with Gasteiger partial charge in [-0.3, -0.25) is 0 Å². The third-order valence-electron chi connectivity index (χ3n) is 4.27. The largest absolute Gasteiger partial charge is 0.494 e. The molecule has 1 aromatic heterocycles. The van der Waals surface area contributed by atoms with Crippen molar-refractivity contribution in [3.63, 3.8) is 0 Å². The quantitative estimate of drug-likeness (QED) is 0.507. The number of rotatable bonds is 3. The van der Waals surface area contributed by atoms with Gasteiger partial charge in [-0.25, -0.2) is 18.7 Å². The second-order valence-electron chi connectivity index (χ2n) is 5.80. The number of methoxy groups -OCH3 is 1. The van der Waals surface area contributed by atoms with Crippen LogP contribution in [0.3, 0.4) is 0 Å². The molecule has 1 heterocycles. The van der Waals surface area contributed by atoms with E-state index in [1.807, 2.05) is 6.07 Å². The highest BCUT2D eigenvalue weighted by Crippen LogP contribution is 2.41. The van der Waals surface area contributed by atoms with Crippen LogP contribution in [-0.2, 0) is 0 Å². The molecule has 0 aliphatic carbocycles. The summed E-state index contributed by atoms with van der Waals surface area (Å²) in [7, 11) is 1.57. The van der Waals surface area contributed by atoms with Gasteiger partial charge in [0, 0.05) is 17.1 Å². The Hall–Kier alpha value is -3.34. The number of halogens is 2. The highest BCUT2D eigenvalue weighted by molar-refractivity contribution is 6.05. The molecule has 128 valence electrons. The standard InChI is InChI=1S/C21H14F2N2O/c1-26-19-10-17(13-2-6-15(22)7-3-13)20(14-4-8-16(23)9-5-14)18-11-24-12-25-21(18)19/h2-12H,1H3. The Morgan fingerprint density at radius 3 is 2.08 bits per heavy atom. The average Bonchev–Trinajstić information content (AvgIpc) is 2.68. The van der Waals surface area contributed by atoms with Gasteiger partial charge >= 0.3 is 0 Å². The number of ether oxygens (including phenoxy) is 1. The van der Waals surface area contributed by atoms with Crippen molar-refractivity contribution in [3.05, 3.63) is 78.8 Å². The van der Waals surface area contributed by atoms with E-state index in [-0.39, 0.29) is 11.6 Å². The summed E-state index contributed by atoms with van der Waals surface area (Å²) >= 11 is 0. The maximum Gasteiger partial charge on any atom is 0.145 e. The monoisotopic (exact) mass is 348 g/mol. The average molecular weight is 348 g/mol. The van der Waals surface area contributed by atoms with E-state index in [1.165, 1.54) is 30.6 Å². The van der Waals surface area contributed by atoms with Crippen LogP contribution in [0.15, 0.2) is 67.1 Å². The number of nitrogens with zero attached hydrogens (tertiary/aromatic N) is 2. The van der Waals surface area contributed by atoms with E-state index in [4.69, 9.17) is 4.74 Å². The molecule has 3 aromatic carbocycles. The molecule has 0 unspecified atom stereocenters. The first-order valence-electron chi connectivity index (χ1n) is 8.00. The van der Waals surface area contributed by atoms with Crippen molar-refractivity contribution >= 4 is 10.9 Å². The molecule has 0 atom stereocenters. The minimum absolute atomic E-state index is 0.312. The van der Waals surface area contributed by atoms with Gasteiger partial charge in [0.15, 0.2) is 0 Å². The fourth-order valence-corrected chi connectivity index (χ4v) is 3.07. The van der Waals surface area contributed by atoms with Crippen molar-refractivity contribution in [2.24, 2.45) is 0 Å². The lowest BCUT2D eigenvalue weighted by Crippen LogP contribution is -1.95. The zero-order valence-corrected chi connectivity index (χ0v) is 13.9. The van der Waals surface area contributed by atoms with Gasteiger partial charge in [-0.05, 0) is 47.0 Å². The van der Waals surface area contributed by atoms with Crippen LogP contribution in [0.4, 0.5) is 8.78 Å². The van der Waals surface area contributed by atoms with Gasteiger partial charge in [-0.15, -0.1) is 0 Å². The van der Waals surface area contributed by atoms with E-state index in [2.05, 4.69) is 9.97 Å². The van der Waals surface area contributed by atoms with E-state index >= 15 is 0 Å². The van der Waals surface area contributed by atoms with Crippen molar-refractivity contribution in [2.75, 3.05) is 7.11 Å². The van der Waals surface area contributed by atoms with Crippen molar-refractivity contribution in [1.29, 1.82) is 0 Å². The second kappa shape index (κ2) is 6.52. The highest BCUT2D eigenvalue weighted by atomic mass is 19.1. The van der Waals surface area contributed by atoms with Crippen molar-refractivity contribution in [2.45, 2.75) is 0 Å². The third-order valence-corrected chi connectivity index (χ3v) is 4.27. The predicted octanol–water partition coefficient (Wildman–Crippen LogP) is 5.25. The van der Waals surface area contributed by atoms with Crippen LogP contribution in [0.25, 0.3) is 33.2 Å². The number of benzene rings is 3. The lowest BCUT2D eigenvalue weighted by atomic mass is 9.91. The third kappa shape index (κ3) is 2.77. The summed E-state index contributed by atoms with van der Waals surface area (Å²) in [6.45, 7) is 0. The van der Waals surface area contributed by atoms with Crippen LogP contribution < -0.4 is 4.74 Å². The molecule has 0 aliphatic heterocycles. The minimum atomic E-state index is -0.314. The SMILES string of the molecule is COc1cc(-c2ccc(F)cc2)c(-c2ccc(F)cc2)c2cncnc12. The van der Waals surface area contributed by atoms with Crippen molar-refractivity contribution in [3.8, 4) is 28.0 Å². The Bertz CT molecular complexity index is 1080. The highest BCUT2D eigenvalue weighted by Gasteiger charge is 2.17. The molecule has 0 spiro atoms. The number of aromatic nitrogens is 2. The van der Waals surface area contributed by atoms with Crippen molar-refractivity contribution < 1.29 is 13.5 Å². The van der Waals surface area contributed by atoms with Gasteiger partial charge in [0.25, 0.3) is 0 Å². The van der Waals surface area contributed by atoms with Crippen LogP contribution in [0.2, 0.25) is 0 Å². The van der Waals surface area contributed by atoms with Crippen LogP contribution in [0.1, 0.15) is 0 Å². The van der Waals surface area contributed by atoms with Gasteiger partial charge in [-0.2, -0.15) is 0 Å². The molecule has 4 rings (SSSR count). The molecule has 0 bridgehead atoms. The van der Waals surface area contributed by atoms with E-state index in [1.54, 1.807) is 37.6 Å². The molecule has 26 heavy (non-hydrogen) atoms. The maximum absolute atomic E-state index is 13.4. The van der Waals surface area contributed by atoms with E-state index in [0.717, 1.165) is 27.6 Å². The summed E-state index contributed by atoms with van der Waals surface area (Å²) in [6.07, 6.45) is 3.16. The fraction of sp³-hybridized carbons (Fsp3) is 0.0476. The van der Waals surface area contributed by atoms with Crippen LogP contribution in [0.5, 0.6) is 5.75 Å². The zero-order chi connectivity index (χ0) is 18.1. The molecule has 0 radical (unpaired) electrons. The Morgan fingerprint density at radius 1 is 0.846 bits per heavy atom. The first-order chi connectivity index (χ1) is 12.7. The molecule has 5 heteroatoms. The molecule has 0 saturated heterocycles. The number of hydrogen-bond donors (Lipinski definition) is 0. The molecule has 0 saturated carbocycles. The first-order valence-corrected chi connectivity index (χ1v) is 8.00. The van der Waals surface area contributed by atoms with E-state index in [0.29, 0.717) is 11.3 Å². The molecule has 0 fully saturated rings. The van der Waals surface area contributed by atoms with Crippen LogP contribution >= 0.6 is 0 Å². The smallest absolute Gasteiger partial charge is 0.145 e. The van der Waals surface area contributed by atoms with Gasteiger partial charge in [-0.1, -0.05) is 24.3 Å². The van der Waals surface area contributed by atoms with Gasteiger partial charge in [0.1, 0.15) is 29.2 Å². The van der Waals surface area contributed by atoms with Crippen LogP contribution in [-0.4, -0.2) is 17.1 Å². The van der Waals surface area contributed by atoms with Gasteiger partial charge < -0.3 is 4.74 Å². The molecule has 0 amide bonds. The summed E-state index contributed by atoms with van der Waals surface area (Å²) in [4.78, 5) is 8.47. The lowest BCUT2D eigenvalue weighted by molar-refractivity contribution is 0.419. The van der Waals surface area contributed by atoms with Crippen molar-refractivity contribution in [1.82, 2.24) is 9.97 Å². The molecule has 0 N–H and O–H groups in total. The van der Waals surface area contributed by atoms with Crippen LogP contribution in [0, 0.1) is 11.6 Å². The zero-order valence-electron chi connectivity index (χ0n) is 13.9. The number of fused-ring (bicyclic) bond motifs is 1. The molecule has 3 nitrogen and oxygen atoms in total. The second-order valence-corrected chi connectivity index (χ2v) is 5.80. The summed E-state index contributed by atoms with van der Waals surface area (Å²) in [5.74, 6) is -0.0353. The lowest BCUT2D eigenvalue weighted by Gasteiger charge is -2.16. The summed E-state index contributed by atoms with van der Waals surface area (Å²) in [5, 5.41) is 0.776. The molecule has 4 aromatic rings. The van der Waals surface area contributed by atoms with Gasteiger partial charge in [0.2, 0.25) is 0 Å². The molecular weight excluding hydrogens is 334 g/mol. The maximum atomic E-state index is 13.4. The van der Waals surface area contributed by atoms with E-state index < -0.39 is 0 Å².